The minimum atomic E-state index is -0.858. The summed E-state index contributed by atoms with van der Waals surface area (Å²) < 4.78 is 0. The zero-order valence-corrected chi connectivity index (χ0v) is 16.2. The van der Waals surface area contributed by atoms with E-state index in [1.807, 2.05) is 0 Å². The van der Waals surface area contributed by atoms with Gasteiger partial charge in [-0.05, 0) is 37.1 Å². The van der Waals surface area contributed by atoms with Crippen molar-refractivity contribution in [3.8, 4) is 12.1 Å². The van der Waals surface area contributed by atoms with Crippen LogP contribution in [0.1, 0.15) is 42.5 Å². The monoisotopic (exact) mass is 399 g/mol. The summed E-state index contributed by atoms with van der Waals surface area (Å²) in [6.07, 6.45) is 4.11. The number of amides is 1. The Labute approximate surface area is 167 Å². The fourth-order valence-electron chi connectivity index (χ4n) is 3.90. The summed E-state index contributed by atoms with van der Waals surface area (Å²) in [5.74, 6) is -1.25. The molecule has 1 aliphatic heterocycles. The van der Waals surface area contributed by atoms with Crippen molar-refractivity contribution in [3.05, 3.63) is 45.5 Å². The van der Waals surface area contributed by atoms with Gasteiger partial charge >= 0.3 is 0 Å². The van der Waals surface area contributed by atoms with E-state index in [-0.39, 0.29) is 17.4 Å². The zero-order valence-electron chi connectivity index (χ0n) is 14.6. The Balaban J connectivity index is 1.87. The highest BCUT2D eigenvalue weighted by atomic mass is 35.5. The molecule has 1 N–H and O–H groups in total. The van der Waals surface area contributed by atoms with Crippen LogP contribution < -0.4 is 5.32 Å². The molecule has 1 amide bonds. The number of hydrogen-bond donors (Lipinski definition) is 1. The first-order valence-electron chi connectivity index (χ1n) is 8.79. The van der Waals surface area contributed by atoms with Crippen LogP contribution in [0.15, 0.2) is 34.9 Å². The molecule has 3 rings (SSSR count). The number of rotatable bonds is 4. The molecular weight excluding hydrogens is 382 g/mol. The number of nitrogens with zero attached hydrogens (tertiary/aromatic N) is 2. The average molecular weight is 400 g/mol. The first-order chi connectivity index (χ1) is 13.0. The van der Waals surface area contributed by atoms with E-state index in [2.05, 4.69) is 17.5 Å². The molecule has 1 spiro atoms. The normalized spacial score (nSPS) is 21.3. The molecule has 1 unspecified atom stereocenters. The second-order valence-corrected chi connectivity index (χ2v) is 8.22. The van der Waals surface area contributed by atoms with Crippen molar-refractivity contribution in [2.45, 2.75) is 32.1 Å². The van der Waals surface area contributed by atoms with Crippen molar-refractivity contribution < 1.29 is 9.59 Å². The van der Waals surface area contributed by atoms with Crippen molar-refractivity contribution in [3.63, 3.8) is 0 Å². The van der Waals surface area contributed by atoms with E-state index in [1.54, 1.807) is 24.3 Å². The third-order valence-electron chi connectivity index (χ3n) is 5.28. The van der Waals surface area contributed by atoms with E-state index < -0.39 is 11.3 Å². The Morgan fingerprint density at radius 3 is 2.48 bits per heavy atom. The molecule has 27 heavy (non-hydrogen) atoms. The fourth-order valence-corrected chi connectivity index (χ4v) is 5.03. The van der Waals surface area contributed by atoms with Gasteiger partial charge in [-0.3, -0.25) is 9.59 Å². The first kappa shape index (κ1) is 19.5. The Bertz CT molecular complexity index is 874. The number of carbonyl (C=O) groups excluding carboxylic acids is 2. The maximum Gasteiger partial charge on any atom is 0.243 e. The third kappa shape index (κ3) is 3.74. The van der Waals surface area contributed by atoms with Gasteiger partial charge in [-0.15, -0.1) is 0 Å². The van der Waals surface area contributed by atoms with Crippen LogP contribution in [0.5, 0.6) is 0 Å². The molecular formula is C20H18ClN3O2S. The molecule has 138 valence electrons. The molecule has 1 heterocycles. The van der Waals surface area contributed by atoms with E-state index in [0.717, 1.165) is 31.0 Å². The average Bonchev–Trinajstić information content (AvgIpc) is 2.67. The highest BCUT2D eigenvalue weighted by molar-refractivity contribution is 8.03. The van der Waals surface area contributed by atoms with Crippen LogP contribution in [0.3, 0.4) is 0 Å². The summed E-state index contributed by atoms with van der Waals surface area (Å²) in [4.78, 5) is 25.0. The third-order valence-corrected chi connectivity index (χ3v) is 6.53. The SMILES string of the molecule is N#CC1=C(SCC(=O)c2ccc(Cl)cc2)NC(=O)C(C#N)C12CCCCC2. The van der Waals surface area contributed by atoms with Crippen molar-refractivity contribution in [1.82, 2.24) is 5.32 Å². The highest BCUT2D eigenvalue weighted by Crippen LogP contribution is 2.51. The Hall–Kier alpha value is -2.28. The molecule has 1 aromatic carbocycles. The lowest BCUT2D eigenvalue weighted by molar-refractivity contribution is -0.126. The van der Waals surface area contributed by atoms with E-state index in [9.17, 15) is 20.1 Å². The Kier molecular flexibility index (Phi) is 5.89. The smallest absolute Gasteiger partial charge is 0.243 e. The van der Waals surface area contributed by atoms with Gasteiger partial charge in [0.15, 0.2) is 5.78 Å². The molecule has 7 heteroatoms. The summed E-state index contributed by atoms with van der Waals surface area (Å²) in [6.45, 7) is 0. The van der Waals surface area contributed by atoms with Gasteiger partial charge in [0.2, 0.25) is 5.91 Å². The maximum atomic E-state index is 12.5. The second-order valence-electron chi connectivity index (χ2n) is 6.80. The topological polar surface area (TPSA) is 93.8 Å². The molecule has 1 saturated carbocycles. The second kappa shape index (κ2) is 8.17. The molecule has 1 fully saturated rings. The van der Waals surface area contributed by atoms with Gasteiger partial charge in [0.25, 0.3) is 0 Å². The minimum absolute atomic E-state index is 0.0930. The zero-order chi connectivity index (χ0) is 19.4. The number of Topliss-reactive ketones (excluding diaryl/α,β-unsaturated/α-hetero) is 1. The number of hydrogen-bond acceptors (Lipinski definition) is 5. The number of carbonyl (C=O) groups is 2. The molecule has 0 radical (unpaired) electrons. The number of thioether (sulfide) groups is 1. The van der Waals surface area contributed by atoms with Crippen molar-refractivity contribution >= 4 is 35.1 Å². The largest absolute Gasteiger partial charge is 0.319 e. The number of benzene rings is 1. The van der Waals surface area contributed by atoms with Crippen LogP contribution in [-0.4, -0.2) is 17.4 Å². The standard InChI is InChI=1S/C20H18ClN3O2S/c21-14-6-4-13(5-7-14)17(25)12-27-19-16(11-23)20(8-2-1-3-9-20)15(10-22)18(26)24-19/h4-7,15H,1-3,8-9,12H2,(H,24,26). The van der Waals surface area contributed by atoms with Crippen LogP contribution in [-0.2, 0) is 4.79 Å². The lowest BCUT2D eigenvalue weighted by atomic mass is 9.61. The van der Waals surface area contributed by atoms with Gasteiger partial charge in [0.1, 0.15) is 5.92 Å². The van der Waals surface area contributed by atoms with Crippen LogP contribution in [0.2, 0.25) is 5.02 Å². The lowest BCUT2D eigenvalue weighted by Crippen LogP contribution is -2.48. The van der Waals surface area contributed by atoms with Crippen LogP contribution in [0.4, 0.5) is 0 Å². The molecule has 0 aromatic heterocycles. The number of halogens is 1. The quantitative estimate of drug-likeness (QED) is 0.765. The Morgan fingerprint density at radius 2 is 1.89 bits per heavy atom. The molecule has 1 atom stereocenters. The number of nitrogens with one attached hydrogen (secondary N) is 1. The summed E-state index contributed by atoms with van der Waals surface area (Å²) in [5.41, 5.74) is 0.244. The molecule has 5 nitrogen and oxygen atoms in total. The van der Waals surface area contributed by atoms with Crippen LogP contribution in [0, 0.1) is 34.0 Å². The van der Waals surface area contributed by atoms with Gasteiger partial charge in [0.05, 0.1) is 28.5 Å². The number of nitriles is 2. The van der Waals surface area contributed by atoms with E-state index >= 15 is 0 Å². The molecule has 1 aliphatic carbocycles. The predicted octanol–water partition coefficient (Wildman–Crippen LogP) is 4.21. The summed E-state index contributed by atoms with van der Waals surface area (Å²) in [5, 5.41) is 23.0. The Morgan fingerprint density at radius 1 is 1.22 bits per heavy atom. The van der Waals surface area contributed by atoms with Gasteiger partial charge in [-0.2, -0.15) is 10.5 Å². The summed E-state index contributed by atoms with van der Waals surface area (Å²) >= 11 is 7.00. The highest BCUT2D eigenvalue weighted by Gasteiger charge is 2.51. The molecule has 0 bridgehead atoms. The molecule has 0 saturated heterocycles. The van der Waals surface area contributed by atoms with Gasteiger partial charge in [-0.1, -0.05) is 42.6 Å². The lowest BCUT2D eigenvalue weighted by Gasteiger charge is -2.43. The molecule has 2 aliphatic rings. The fraction of sp³-hybridized carbons (Fsp3) is 0.400. The minimum Gasteiger partial charge on any atom is -0.319 e. The van der Waals surface area contributed by atoms with Gasteiger partial charge in [-0.25, -0.2) is 0 Å². The molecule has 1 aromatic rings. The van der Waals surface area contributed by atoms with Gasteiger partial charge < -0.3 is 5.32 Å². The van der Waals surface area contributed by atoms with Crippen molar-refractivity contribution in [2.75, 3.05) is 5.75 Å². The number of allylic oxidation sites excluding steroid dienone is 1. The maximum absolute atomic E-state index is 12.5. The van der Waals surface area contributed by atoms with Crippen LogP contribution >= 0.6 is 23.4 Å². The van der Waals surface area contributed by atoms with Crippen molar-refractivity contribution in [1.29, 1.82) is 10.5 Å². The van der Waals surface area contributed by atoms with E-state index in [4.69, 9.17) is 11.6 Å². The predicted molar refractivity (Wildman–Crippen MR) is 104 cm³/mol. The summed E-state index contributed by atoms with van der Waals surface area (Å²) in [7, 11) is 0. The van der Waals surface area contributed by atoms with Crippen LogP contribution in [0.25, 0.3) is 0 Å². The van der Waals surface area contributed by atoms with E-state index in [0.29, 0.717) is 34.0 Å². The summed E-state index contributed by atoms with van der Waals surface area (Å²) in [6, 6.07) is 10.9. The van der Waals surface area contributed by atoms with Gasteiger partial charge in [0, 0.05) is 16.0 Å². The number of ketones is 1. The van der Waals surface area contributed by atoms with Crippen molar-refractivity contribution in [2.24, 2.45) is 11.3 Å². The first-order valence-corrected chi connectivity index (χ1v) is 10.1. The van der Waals surface area contributed by atoms with E-state index in [1.165, 1.54) is 0 Å².